The first-order valence-electron chi connectivity index (χ1n) is 3.65. The van der Waals surface area contributed by atoms with E-state index in [0.717, 1.165) is 0 Å². The molecule has 0 bridgehead atoms. The lowest BCUT2D eigenvalue weighted by atomic mass is 10.2. The molecule has 6 heteroatoms. The minimum absolute atomic E-state index is 0.149. The fourth-order valence-electron chi connectivity index (χ4n) is 0.820. The smallest absolute Gasteiger partial charge is 0.312 e. The van der Waals surface area contributed by atoms with Crippen molar-refractivity contribution in [1.82, 2.24) is 4.98 Å². The van der Waals surface area contributed by atoms with Gasteiger partial charge in [-0.15, -0.1) is 0 Å². The molecule has 6 nitrogen and oxygen atoms in total. The molecule has 1 rings (SSSR count). The van der Waals surface area contributed by atoms with Gasteiger partial charge in [-0.3, -0.25) is 10.1 Å². The molecule has 1 aromatic rings. The van der Waals surface area contributed by atoms with Crippen LogP contribution in [0.15, 0.2) is 12.3 Å². The Kier molecular flexibility index (Phi) is 2.99. The Morgan fingerprint density at radius 1 is 1.71 bits per heavy atom. The van der Waals surface area contributed by atoms with E-state index in [-0.39, 0.29) is 18.1 Å². The lowest BCUT2D eigenvalue weighted by molar-refractivity contribution is -0.384. The Hall–Kier alpha value is -2.13. The third-order valence-corrected chi connectivity index (χ3v) is 1.41. The fourth-order valence-corrected chi connectivity index (χ4v) is 0.820. The van der Waals surface area contributed by atoms with Crippen LogP contribution in [0.2, 0.25) is 0 Å². The van der Waals surface area contributed by atoms with E-state index in [4.69, 9.17) is 10.8 Å². The van der Waals surface area contributed by atoms with E-state index in [1.807, 2.05) is 0 Å². The molecule has 0 fully saturated rings. The second-order valence-corrected chi connectivity index (χ2v) is 2.35. The van der Waals surface area contributed by atoms with Crippen molar-refractivity contribution in [3.8, 4) is 11.8 Å². The van der Waals surface area contributed by atoms with E-state index in [0.29, 0.717) is 5.56 Å². The molecule has 0 aliphatic carbocycles. The van der Waals surface area contributed by atoms with Crippen molar-refractivity contribution in [2.24, 2.45) is 0 Å². The molecule has 1 heterocycles. The maximum absolute atomic E-state index is 10.4. The van der Waals surface area contributed by atoms with Crippen LogP contribution in [0.5, 0.6) is 0 Å². The summed E-state index contributed by atoms with van der Waals surface area (Å²) in [4.78, 5) is 13.4. The third-order valence-electron chi connectivity index (χ3n) is 1.41. The molecule has 0 saturated carbocycles. The van der Waals surface area contributed by atoms with E-state index in [2.05, 4.69) is 16.8 Å². The first-order chi connectivity index (χ1) is 6.65. The normalized spacial score (nSPS) is 8.93. The Balaban J connectivity index is 3.13. The van der Waals surface area contributed by atoms with Gasteiger partial charge in [0.1, 0.15) is 6.61 Å². The van der Waals surface area contributed by atoms with Crippen LogP contribution >= 0.6 is 0 Å². The minimum Gasteiger partial charge on any atom is -0.384 e. The molecule has 0 atom stereocenters. The number of nitro groups is 1. The highest BCUT2D eigenvalue weighted by Crippen LogP contribution is 2.18. The molecule has 0 spiro atoms. The third kappa shape index (κ3) is 2.18. The molecule has 72 valence electrons. The molecule has 0 radical (unpaired) electrons. The lowest BCUT2D eigenvalue weighted by Gasteiger charge is -1.95. The number of pyridine rings is 1. The molecule has 1 aromatic heterocycles. The predicted octanol–water partition coefficient (Wildman–Crippen LogP) is -0.0842. The van der Waals surface area contributed by atoms with Crippen molar-refractivity contribution >= 4 is 11.5 Å². The van der Waals surface area contributed by atoms with Gasteiger partial charge in [-0.1, -0.05) is 11.8 Å². The van der Waals surface area contributed by atoms with Crippen molar-refractivity contribution in [2.45, 2.75) is 0 Å². The van der Waals surface area contributed by atoms with E-state index in [9.17, 15) is 10.1 Å². The molecule has 0 aliphatic rings. The maximum Gasteiger partial charge on any atom is 0.312 e. The quantitative estimate of drug-likeness (QED) is 0.369. The zero-order valence-electron chi connectivity index (χ0n) is 7.10. The largest absolute Gasteiger partial charge is 0.384 e. The number of nitrogens with two attached hydrogens (primary N) is 1. The highest BCUT2D eigenvalue weighted by Gasteiger charge is 2.12. The first kappa shape index (κ1) is 9.95. The summed E-state index contributed by atoms with van der Waals surface area (Å²) in [6.07, 6.45) is 1.31. The van der Waals surface area contributed by atoms with E-state index >= 15 is 0 Å². The van der Waals surface area contributed by atoms with E-state index in [1.165, 1.54) is 12.3 Å². The van der Waals surface area contributed by atoms with Crippen LogP contribution in [0.25, 0.3) is 0 Å². The molecular weight excluding hydrogens is 186 g/mol. The molecule has 0 aromatic carbocycles. The van der Waals surface area contributed by atoms with Crippen LogP contribution in [0.3, 0.4) is 0 Å². The maximum atomic E-state index is 10.4. The van der Waals surface area contributed by atoms with Gasteiger partial charge in [-0.25, -0.2) is 4.98 Å². The summed E-state index contributed by atoms with van der Waals surface area (Å²) in [6.45, 7) is -0.307. The Morgan fingerprint density at radius 3 is 3.00 bits per heavy atom. The number of aromatic nitrogens is 1. The number of anilines is 1. The average molecular weight is 193 g/mol. The van der Waals surface area contributed by atoms with Crippen LogP contribution in [0.4, 0.5) is 11.5 Å². The summed E-state index contributed by atoms with van der Waals surface area (Å²) in [5.74, 6) is 4.70. The molecule has 0 aliphatic heterocycles. The van der Waals surface area contributed by atoms with Crippen LogP contribution in [-0.2, 0) is 0 Å². The summed E-state index contributed by atoms with van der Waals surface area (Å²) in [5.41, 5.74) is 5.33. The Labute approximate surface area is 79.5 Å². The minimum atomic E-state index is -0.632. The van der Waals surface area contributed by atoms with Gasteiger partial charge in [-0.05, 0) is 0 Å². The summed E-state index contributed by atoms with van der Waals surface area (Å²) < 4.78 is 0. The Morgan fingerprint density at radius 2 is 2.43 bits per heavy atom. The first-order valence-corrected chi connectivity index (χ1v) is 3.65. The van der Waals surface area contributed by atoms with Gasteiger partial charge in [0, 0.05) is 17.8 Å². The molecule has 14 heavy (non-hydrogen) atoms. The van der Waals surface area contributed by atoms with Gasteiger partial charge in [0.05, 0.1) is 4.92 Å². The van der Waals surface area contributed by atoms with E-state index in [1.54, 1.807) is 0 Å². The SMILES string of the molecule is Nc1ncc(C#CCO)cc1[N+](=O)[O-]. The summed E-state index contributed by atoms with van der Waals surface area (Å²) in [7, 11) is 0. The van der Waals surface area contributed by atoms with Crippen molar-refractivity contribution in [1.29, 1.82) is 0 Å². The summed E-state index contributed by atoms with van der Waals surface area (Å²) in [6, 6.07) is 1.21. The predicted molar refractivity (Wildman–Crippen MR) is 49.3 cm³/mol. The molecule has 3 N–H and O–H groups in total. The number of nitrogen functional groups attached to an aromatic ring is 1. The van der Waals surface area contributed by atoms with Crippen LogP contribution in [-0.4, -0.2) is 21.6 Å². The number of aliphatic hydroxyl groups excluding tert-OH is 1. The van der Waals surface area contributed by atoms with Crippen LogP contribution in [0.1, 0.15) is 5.56 Å². The molecule has 0 unspecified atom stereocenters. The standard InChI is InChI=1S/C8H7N3O3/c9-8-7(11(13)14)4-6(5-10-8)2-1-3-12/h4-5,12H,3H2,(H2,9,10). The van der Waals surface area contributed by atoms with Crippen molar-refractivity contribution in [3.63, 3.8) is 0 Å². The second-order valence-electron chi connectivity index (χ2n) is 2.35. The lowest BCUT2D eigenvalue weighted by Crippen LogP contribution is -1.98. The fraction of sp³-hybridized carbons (Fsp3) is 0.125. The highest BCUT2D eigenvalue weighted by atomic mass is 16.6. The summed E-state index contributed by atoms with van der Waals surface area (Å²) in [5, 5.41) is 18.8. The van der Waals surface area contributed by atoms with Crippen molar-refractivity contribution in [3.05, 3.63) is 27.9 Å². The van der Waals surface area contributed by atoms with Gasteiger partial charge >= 0.3 is 5.69 Å². The Bertz CT molecular complexity index is 420. The summed E-state index contributed by atoms with van der Waals surface area (Å²) >= 11 is 0. The van der Waals surface area contributed by atoms with Crippen molar-refractivity contribution < 1.29 is 10.0 Å². The van der Waals surface area contributed by atoms with Gasteiger partial charge < -0.3 is 10.8 Å². The van der Waals surface area contributed by atoms with Crippen molar-refractivity contribution in [2.75, 3.05) is 12.3 Å². The molecule has 0 amide bonds. The molecule has 0 saturated heterocycles. The number of hydrogen-bond acceptors (Lipinski definition) is 5. The molecular formula is C8H7N3O3. The van der Waals surface area contributed by atoms with Crippen LogP contribution in [0, 0.1) is 22.0 Å². The number of hydrogen-bond donors (Lipinski definition) is 2. The second kappa shape index (κ2) is 4.20. The van der Waals surface area contributed by atoms with Crippen LogP contribution < -0.4 is 5.73 Å². The topological polar surface area (TPSA) is 102 Å². The average Bonchev–Trinajstić information content (AvgIpc) is 2.16. The van der Waals surface area contributed by atoms with Gasteiger partial charge in [0.15, 0.2) is 0 Å². The highest BCUT2D eigenvalue weighted by molar-refractivity contribution is 5.55. The monoisotopic (exact) mass is 193 g/mol. The van der Waals surface area contributed by atoms with E-state index < -0.39 is 4.92 Å². The van der Waals surface area contributed by atoms with Gasteiger partial charge in [0.25, 0.3) is 0 Å². The number of rotatable bonds is 1. The number of nitrogens with zero attached hydrogens (tertiary/aromatic N) is 2. The van der Waals surface area contributed by atoms with Gasteiger partial charge in [0.2, 0.25) is 5.82 Å². The number of aliphatic hydroxyl groups is 1. The zero-order chi connectivity index (χ0) is 10.6. The zero-order valence-corrected chi connectivity index (χ0v) is 7.10. The van der Waals surface area contributed by atoms with Gasteiger partial charge in [-0.2, -0.15) is 0 Å².